The van der Waals surface area contributed by atoms with Crippen LogP contribution in [0.3, 0.4) is 0 Å². The zero-order valence-electron chi connectivity index (χ0n) is 13.0. The molecule has 2 heteroatoms. The Hall–Kier alpha value is -0.860. The van der Waals surface area contributed by atoms with Gasteiger partial charge in [0.1, 0.15) is 0 Å². The van der Waals surface area contributed by atoms with Crippen molar-refractivity contribution in [1.29, 1.82) is 0 Å². The Morgan fingerprint density at radius 2 is 1.95 bits per heavy atom. The van der Waals surface area contributed by atoms with E-state index < -0.39 is 0 Å². The number of nitrogens with one attached hydrogen (secondary N) is 2. The average molecular weight is 274 g/mol. The number of hydrogen-bond donors (Lipinski definition) is 2. The number of unbranched alkanes of at least 4 members (excludes halogenated alkanes) is 5. The van der Waals surface area contributed by atoms with Crippen LogP contribution >= 0.6 is 0 Å². The quantitative estimate of drug-likeness (QED) is 0.670. The first kappa shape index (κ1) is 15.5. The van der Waals surface area contributed by atoms with Gasteiger partial charge in [0.25, 0.3) is 0 Å². The summed E-state index contributed by atoms with van der Waals surface area (Å²) in [5.41, 5.74) is 4.59. The predicted molar refractivity (Wildman–Crippen MR) is 86.9 cm³/mol. The van der Waals surface area contributed by atoms with Crippen molar-refractivity contribution in [3.63, 3.8) is 0 Å². The van der Waals surface area contributed by atoms with E-state index in [2.05, 4.69) is 35.8 Å². The standard InChI is InChI=1S/C18H30N2/c1-2-3-4-5-6-7-12-19-14-16-9-8-10-17-15-20-13-11-18(16)17/h8-10,19-20H,2-7,11-15H2,1H3. The molecule has 2 N–H and O–H groups in total. The van der Waals surface area contributed by atoms with Crippen molar-refractivity contribution >= 4 is 0 Å². The molecule has 0 amide bonds. The van der Waals surface area contributed by atoms with Crippen molar-refractivity contribution in [1.82, 2.24) is 10.6 Å². The molecule has 0 aliphatic carbocycles. The van der Waals surface area contributed by atoms with Gasteiger partial charge in [-0.25, -0.2) is 0 Å². The van der Waals surface area contributed by atoms with Crippen molar-refractivity contribution < 1.29 is 0 Å². The van der Waals surface area contributed by atoms with Crippen LogP contribution in [0.15, 0.2) is 18.2 Å². The van der Waals surface area contributed by atoms with Crippen LogP contribution in [0.2, 0.25) is 0 Å². The SMILES string of the molecule is CCCCCCCCNCc1cccc2c1CCNC2. The van der Waals surface area contributed by atoms with Gasteiger partial charge < -0.3 is 10.6 Å². The molecule has 2 rings (SSSR count). The molecule has 0 spiro atoms. The highest BCUT2D eigenvalue weighted by Crippen LogP contribution is 2.18. The first-order valence-electron chi connectivity index (χ1n) is 8.43. The van der Waals surface area contributed by atoms with E-state index in [9.17, 15) is 0 Å². The second-order valence-electron chi connectivity index (χ2n) is 5.93. The summed E-state index contributed by atoms with van der Waals surface area (Å²) in [5, 5.41) is 7.07. The Balaban J connectivity index is 1.64. The molecular weight excluding hydrogens is 244 g/mol. The van der Waals surface area contributed by atoms with Crippen LogP contribution < -0.4 is 10.6 Å². The lowest BCUT2D eigenvalue weighted by molar-refractivity contribution is 0.568. The fraction of sp³-hybridized carbons (Fsp3) is 0.667. The lowest BCUT2D eigenvalue weighted by Gasteiger charge is -2.20. The zero-order chi connectivity index (χ0) is 14.0. The molecule has 0 aromatic heterocycles. The number of fused-ring (bicyclic) bond motifs is 1. The Bertz CT molecular complexity index is 387. The lowest BCUT2D eigenvalue weighted by Crippen LogP contribution is -2.26. The van der Waals surface area contributed by atoms with E-state index in [-0.39, 0.29) is 0 Å². The molecule has 1 aromatic rings. The van der Waals surface area contributed by atoms with Crippen molar-refractivity contribution in [3.05, 3.63) is 34.9 Å². The molecule has 0 bridgehead atoms. The van der Waals surface area contributed by atoms with E-state index in [0.717, 1.165) is 26.2 Å². The second-order valence-corrected chi connectivity index (χ2v) is 5.93. The monoisotopic (exact) mass is 274 g/mol. The minimum atomic E-state index is 1.04. The van der Waals surface area contributed by atoms with Gasteiger partial charge in [0.2, 0.25) is 0 Å². The van der Waals surface area contributed by atoms with Gasteiger partial charge in [-0.15, -0.1) is 0 Å². The zero-order valence-corrected chi connectivity index (χ0v) is 13.0. The summed E-state index contributed by atoms with van der Waals surface area (Å²) >= 11 is 0. The maximum atomic E-state index is 3.62. The van der Waals surface area contributed by atoms with Gasteiger partial charge in [0.05, 0.1) is 0 Å². The molecule has 0 saturated carbocycles. The first-order valence-corrected chi connectivity index (χ1v) is 8.43. The van der Waals surface area contributed by atoms with Crippen LogP contribution in [0, 0.1) is 0 Å². The summed E-state index contributed by atoms with van der Waals surface area (Å²) in [6.07, 6.45) is 9.44. The normalized spacial score (nSPS) is 14.2. The summed E-state index contributed by atoms with van der Waals surface area (Å²) in [4.78, 5) is 0. The molecule has 20 heavy (non-hydrogen) atoms. The molecule has 0 fully saturated rings. The van der Waals surface area contributed by atoms with Crippen LogP contribution in [0.5, 0.6) is 0 Å². The molecule has 1 aliphatic heterocycles. The van der Waals surface area contributed by atoms with Gasteiger partial charge in [-0.2, -0.15) is 0 Å². The number of rotatable bonds is 9. The van der Waals surface area contributed by atoms with Gasteiger partial charge in [-0.1, -0.05) is 57.2 Å². The van der Waals surface area contributed by atoms with Crippen LogP contribution in [0.1, 0.15) is 62.1 Å². The topological polar surface area (TPSA) is 24.1 Å². The van der Waals surface area contributed by atoms with E-state index in [1.165, 1.54) is 56.1 Å². The van der Waals surface area contributed by atoms with Crippen LogP contribution in [-0.2, 0) is 19.5 Å². The van der Waals surface area contributed by atoms with Crippen molar-refractivity contribution in [2.75, 3.05) is 13.1 Å². The van der Waals surface area contributed by atoms with E-state index in [1.807, 2.05) is 0 Å². The van der Waals surface area contributed by atoms with Crippen molar-refractivity contribution in [2.24, 2.45) is 0 Å². The van der Waals surface area contributed by atoms with Gasteiger partial charge in [-0.3, -0.25) is 0 Å². The molecular formula is C18H30N2. The summed E-state index contributed by atoms with van der Waals surface area (Å²) in [5.74, 6) is 0. The third kappa shape index (κ3) is 4.92. The van der Waals surface area contributed by atoms with Crippen LogP contribution in [0.4, 0.5) is 0 Å². The third-order valence-electron chi connectivity index (χ3n) is 4.26. The number of benzene rings is 1. The Morgan fingerprint density at radius 3 is 2.85 bits per heavy atom. The minimum Gasteiger partial charge on any atom is -0.313 e. The lowest BCUT2D eigenvalue weighted by atomic mass is 9.95. The third-order valence-corrected chi connectivity index (χ3v) is 4.26. The molecule has 0 saturated heterocycles. The number of hydrogen-bond acceptors (Lipinski definition) is 2. The molecule has 112 valence electrons. The van der Waals surface area contributed by atoms with Gasteiger partial charge in [-0.05, 0) is 42.6 Å². The summed E-state index contributed by atoms with van der Waals surface area (Å²) < 4.78 is 0. The molecule has 1 aromatic carbocycles. The van der Waals surface area contributed by atoms with E-state index >= 15 is 0 Å². The summed E-state index contributed by atoms with van der Waals surface area (Å²) in [7, 11) is 0. The molecule has 2 nitrogen and oxygen atoms in total. The summed E-state index contributed by atoms with van der Waals surface area (Å²) in [6, 6.07) is 6.75. The Labute approximate surface area is 124 Å². The highest BCUT2D eigenvalue weighted by molar-refractivity contribution is 5.36. The first-order chi connectivity index (χ1) is 9.92. The second kappa shape index (κ2) is 9.15. The highest BCUT2D eigenvalue weighted by Gasteiger charge is 2.11. The van der Waals surface area contributed by atoms with Gasteiger partial charge in [0.15, 0.2) is 0 Å². The largest absolute Gasteiger partial charge is 0.313 e. The van der Waals surface area contributed by atoms with E-state index in [0.29, 0.717) is 0 Å². The maximum absolute atomic E-state index is 3.62. The van der Waals surface area contributed by atoms with Gasteiger partial charge >= 0.3 is 0 Å². The van der Waals surface area contributed by atoms with E-state index in [4.69, 9.17) is 0 Å². The molecule has 0 radical (unpaired) electrons. The fourth-order valence-corrected chi connectivity index (χ4v) is 3.03. The van der Waals surface area contributed by atoms with Crippen molar-refractivity contribution in [2.45, 2.75) is 65.0 Å². The van der Waals surface area contributed by atoms with Crippen molar-refractivity contribution in [3.8, 4) is 0 Å². The van der Waals surface area contributed by atoms with Gasteiger partial charge in [0, 0.05) is 13.1 Å². The van der Waals surface area contributed by atoms with Crippen LogP contribution in [-0.4, -0.2) is 13.1 Å². The predicted octanol–water partition coefficient (Wildman–Crippen LogP) is 3.78. The minimum absolute atomic E-state index is 1.04. The molecule has 1 heterocycles. The fourth-order valence-electron chi connectivity index (χ4n) is 3.03. The van der Waals surface area contributed by atoms with E-state index in [1.54, 1.807) is 5.56 Å². The summed E-state index contributed by atoms with van der Waals surface area (Å²) in [6.45, 7) is 6.64. The maximum Gasteiger partial charge on any atom is 0.0208 e. The smallest absolute Gasteiger partial charge is 0.0208 e. The average Bonchev–Trinajstić information content (AvgIpc) is 2.50. The molecule has 0 atom stereocenters. The Morgan fingerprint density at radius 1 is 1.10 bits per heavy atom. The Kier molecular flexibility index (Phi) is 7.10. The van der Waals surface area contributed by atoms with Crippen LogP contribution in [0.25, 0.3) is 0 Å². The highest BCUT2D eigenvalue weighted by atomic mass is 14.9. The molecule has 1 aliphatic rings. The molecule has 0 unspecified atom stereocenters.